The first-order valence-corrected chi connectivity index (χ1v) is 7.27. The van der Waals surface area contributed by atoms with Crippen LogP contribution in [0.2, 0.25) is 0 Å². The molecule has 1 aliphatic carbocycles. The Hall–Kier alpha value is -0.0400. The molecule has 0 heterocycles. The average molecular weight is 225 g/mol. The van der Waals surface area contributed by atoms with Gasteiger partial charge in [-0.05, 0) is 43.6 Å². The van der Waals surface area contributed by atoms with Crippen molar-refractivity contribution < 1.29 is 0 Å². The van der Waals surface area contributed by atoms with Gasteiger partial charge in [-0.15, -0.1) is 0 Å². The molecule has 96 valence electrons. The number of nitrogens with one attached hydrogen (secondary N) is 1. The largest absolute Gasteiger partial charge is 0.316 e. The van der Waals surface area contributed by atoms with Crippen molar-refractivity contribution in [3.63, 3.8) is 0 Å². The maximum absolute atomic E-state index is 3.59. The Bertz CT molecular complexity index is 180. The first-order valence-electron chi connectivity index (χ1n) is 7.27. The van der Waals surface area contributed by atoms with Gasteiger partial charge in [-0.2, -0.15) is 0 Å². The summed E-state index contributed by atoms with van der Waals surface area (Å²) in [6.07, 6.45) is 7.20. The van der Waals surface area contributed by atoms with E-state index in [1.54, 1.807) is 0 Å². The van der Waals surface area contributed by atoms with Gasteiger partial charge in [0.25, 0.3) is 0 Å². The van der Waals surface area contributed by atoms with Crippen LogP contribution in [0.5, 0.6) is 0 Å². The van der Waals surface area contributed by atoms with E-state index in [0.29, 0.717) is 0 Å². The lowest BCUT2D eigenvalue weighted by atomic mass is 9.73. The van der Waals surface area contributed by atoms with Crippen molar-refractivity contribution in [2.24, 2.45) is 23.7 Å². The third-order valence-electron chi connectivity index (χ3n) is 4.93. The van der Waals surface area contributed by atoms with Crippen LogP contribution in [0.25, 0.3) is 0 Å². The van der Waals surface area contributed by atoms with Gasteiger partial charge >= 0.3 is 0 Å². The van der Waals surface area contributed by atoms with Gasteiger partial charge in [0.1, 0.15) is 0 Å². The van der Waals surface area contributed by atoms with Gasteiger partial charge in [0.15, 0.2) is 0 Å². The normalized spacial score (nSPS) is 30.4. The molecule has 0 aromatic rings. The first kappa shape index (κ1) is 14.0. The van der Waals surface area contributed by atoms with Gasteiger partial charge in [0, 0.05) is 6.04 Å². The second-order valence-corrected chi connectivity index (χ2v) is 6.11. The summed E-state index contributed by atoms with van der Waals surface area (Å²) in [4.78, 5) is 0. The quantitative estimate of drug-likeness (QED) is 0.743. The molecule has 1 rings (SSSR count). The van der Waals surface area contributed by atoms with Crippen LogP contribution >= 0.6 is 0 Å². The summed E-state index contributed by atoms with van der Waals surface area (Å²) >= 11 is 0. The second kappa shape index (κ2) is 6.64. The van der Waals surface area contributed by atoms with E-state index in [-0.39, 0.29) is 0 Å². The van der Waals surface area contributed by atoms with Gasteiger partial charge in [0.2, 0.25) is 0 Å². The van der Waals surface area contributed by atoms with E-state index in [1.807, 2.05) is 0 Å². The first-order chi connectivity index (χ1) is 7.60. The minimum absolute atomic E-state index is 0.734. The minimum Gasteiger partial charge on any atom is -0.316 e. The van der Waals surface area contributed by atoms with Gasteiger partial charge in [-0.25, -0.2) is 0 Å². The lowest BCUT2D eigenvalue weighted by molar-refractivity contribution is 0.166. The number of hydrogen-bond acceptors (Lipinski definition) is 1. The Balaban J connectivity index is 2.49. The molecule has 1 fully saturated rings. The fraction of sp³-hybridized carbons (Fsp3) is 1.00. The monoisotopic (exact) mass is 225 g/mol. The molecule has 1 N–H and O–H groups in total. The van der Waals surface area contributed by atoms with Crippen molar-refractivity contribution in [1.82, 2.24) is 5.32 Å². The lowest BCUT2D eigenvalue weighted by Crippen LogP contribution is -2.42. The topological polar surface area (TPSA) is 12.0 Å². The van der Waals surface area contributed by atoms with Crippen LogP contribution in [0.1, 0.15) is 59.8 Å². The van der Waals surface area contributed by atoms with Crippen LogP contribution < -0.4 is 5.32 Å². The Morgan fingerprint density at radius 1 is 1.06 bits per heavy atom. The molecule has 0 aromatic carbocycles. The number of rotatable bonds is 5. The molecule has 16 heavy (non-hydrogen) atoms. The van der Waals surface area contributed by atoms with Crippen molar-refractivity contribution >= 4 is 0 Å². The van der Waals surface area contributed by atoms with Crippen molar-refractivity contribution in [2.45, 2.75) is 65.8 Å². The third kappa shape index (κ3) is 3.48. The third-order valence-corrected chi connectivity index (χ3v) is 4.93. The predicted molar refractivity (Wildman–Crippen MR) is 72.6 cm³/mol. The fourth-order valence-electron chi connectivity index (χ4n) is 3.30. The van der Waals surface area contributed by atoms with E-state index in [4.69, 9.17) is 0 Å². The Kier molecular flexibility index (Phi) is 5.82. The summed E-state index contributed by atoms with van der Waals surface area (Å²) < 4.78 is 0. The molecule has 2 unspecified atom stereocenters. The lowest BCUT2D eigenvalue weighted by Gasteiger charge is -2.38. The van der Waals surface area contributed by atoms with Gasteiger partial charge in [-0.1, -0.05) is 47.0 Å². The molecule has 1 aliphatic rings. The summed E-state index contributed by atoms with van der Waals surface area (Å²) in [6, 6.07) is 0.734. The minimum atomic E-state index is 0.734. The molecular weight excluding hydrogens is 194 g/mol. The van der Waals surface area contributed by atoms with Crippen LogP contribution in [-0.4, -0.2) is 13.1 Å². The Morgan fingerprint density at radius 3 is 2.00 bits per heavy atom. The molecular formula is C15H31N. The molecule has 0 radical (unpaired) electrons. The summed E-state index contributed by atoms with van der Waals surface area (Å²) in [6.45, 7) is 9.47. The van der Waals surface area contributed by atoms with Gasteiger partial charge in [-0.3, -0.25) is 0 Å². The van der Waals surface area contributed by atoms with Crippen LogP contribution in [0.15, 0.2) is 0 Å². The predicted octanol–water partition coefficient (Wildman–Crippen LogP) is 4.08. The molecule has 1 saturated carbocycles. The van der Waals surface area contributed by atoms with Gasteiger partial charge < -0.3 is 5.32 Å². The SMILES string of the molecule is CCC1CCC(C(NC)C(C)C(C)C)CC1. The van der Waals surface area contributed by atoms with Crippen molar-refractivity contribution in [2.75, 3.05) is 7.05 Å². The summed E-state index contributed by atoms with van der Waals surface area (Å²) in [5, 5.41) is 3.59. The van der Waals surface area contributed by atoms with E-state index in [1.165, 1.54) is 32.1 Å². The molecule has 0 amide bonds. The zero-order valence-corrected chi connectivity index (χ0v) is 11.9. The zero-order valence-electron chi connectivity index (χ0n) is 11.9. The highest BCUT2D eigenvalue weighted by molar-refractivity contribution is 4.85. The van der Waals surface area contributed by atoms with E-state index in [2.05, 4.69) is 40.1 Å². The van der Waals surface area contributed by atoms with Crippen molar-refractivity contribution in [3.05, 3.63) is 0 Å². The van der Waals surface area contributed by atoms with Crippen molar-refractivity contribution in [3.8, 4) is 0 Å². The molecule has 1 heteroatoms. The average Bonchev–Trinajstić information content (AvgIpc) is 2.30. The molecule has 0 bridgehead atoms. The smallest absolute Gasteiger partial charge is 0.0120 e. The van der Waals surface area contributed by atoms with Crippen molar-refractivity contribution in [1.29, 1.82) is 0 Å². The van der Waals surface area contributed by atoms with Crippen LogP contribution in [0, 0.1) is 23.7 Å². The highest BCUT2D eigenvalue weighted by atomic mass is 14.9. The fourth-order valence-corrected chi connectivity index (χ4v) is 3.30. The van der Waals surface area contributed by atoms with E-state index < -0.39 is 0 Å². The summed E-state index contributed by atoms with van der Waals surface area (Å²) in [7, 11) is 2.15. The molecule has 0 saturated heterocycles. The van der Waals surface area contributed by atoms with E-state index in [9.17, 15) is 0 Å². The summed E-state index contributed by atoms with van der Waals surface area (Å²) in [5.41, 5.74) is 0. The molecule has 2 atom stereocenters. The van der Waals surface area contributed by atoms with Crippen LogP contribution in [0.4, 0.5) is 0 Å². The van der Waals surface area contributed by atoms with Gasteiger partial charge in [0.05, 0.1) is 0 Å². The van der Waals surface area contributed by atoms with Crippen LogP contribution in [-0.2, 0) is 0 Å². The van der Waals surface area contributed by atoms with Crippen LogP contribution in [0.3, 0.4) is 0 Å². The zero-order chi connectivity index (χ0) is 12.1. The Morgan fingerprint density at radius 2 is 1.62 bits per heavy atom. The maximum atomic E-state index is 3.59. The number of hydrogen-bond donors (Lipinski definition) is 1. The summed E-state index contributed by atoms with van der Waals surface area (Å²) in [5.74, 6) is 3.53. The second-order valence-electron chi connectivity index (χ2n) is 6.11. The molecule has 0 aromatic heterocycles. The molecule has 1 nitrogen and oxygen atoms in total. The highest BCUT2D eigenvalue weighted by Gasteiger charge is 2.30. The molecule has 0 spiro atoms. The Labute approximate surface area is 102 Å². The van der Waals surface area contributed by atoms with E-state index >= 15 is 0 Å². The standard InChI is InChI=1S/C15H31N/c1-6-13-7-9-14(10-8-13)15(16-5)12(4)11(2)3/h11-16H,6-10H2,1-5H3. The molecule has 0 aliphatic heterocycles. The van der Waals surface area contributed by atoms with E-state index in [0.717, 1.165) is 29.7 Å². The maximum Gasteiger partial charge on any atom is 0.0120 e. The highest BCUT2D eigenvalue weighted by Crippen LogP contribution is 2.35.